The van der Waals surface area contributed by atoms with Crippen LogP contribution in [-0.2, 0) is 10.1 Å². The van der Waals surface area contributed by atoms with Crippen molar-refractivity contribution in [1.82, 2.24) is 20.2 Å². The Kier molecular flexibility index (Phi) is 2.81. The number of nitrogens with one attached hydrogen (secondary N) is 1. The Hall–Kier alpha value is -1.58. The second kappa shape index (κ2) is 4.02. The van der Waals surface area contributed by atoms with Gasteiger partial charge in [0.05, 0.1) is 10.6 Å². The lowest BCUT2D eigenvalue weighted by molar-refractivity contribution is 0.483. The maximum atomic E-state index is 11.1. The van der Waals surface area contributed by atoms with Gasteiger partial charge in [0.25, 0.3) is 10.1 Å². The van der Waals surface area contributed by atoms with E-state index in [1.165, 1.54) is 16.8 Å². The first-order valence-corrected chi connectivity index (χ1v) is 6.32. The normalized spacial score (nSPS) is 11.6. The second-order valence-corrected chi connectivity index (χ2v) is 5.18. The quantitative estimate of drug-likeness (QED) is 0.621. The minimum atomic E-state index is -4.25. The SMILES string of the molecule is Cc1cc(-n2[nH]nnc2=S)cc(S(=O)(=O)O)c1. The number of aromatic amines is 1. The lowest BCUT2D eigenvalue weighted by Gasteiger charge is -2.05. The van der Waals surface area contributed by atoms with E-state index in [0.29, 0.717) is 11.3 Å². The molecule has 0 fully saturated rings. The van der Waals surface area contributed by atoms with Crippen LogP contribution >= 0.6 is 12.2 Å². The number of tetrazole rings is 1. The number of H-pyrrole nitrogens is 1. The van der Waals surface area contributed by atoms with E-state index in [1.54, 1.807) is 13.0 Å². The molecular formula is C8H8N4O3S2. The predicted octanol–water partition coefficient (Wildman–Crippen LogP) is 0.880. The van der Waals surface area contributed by atoms with E-state index in [9.17, 15) is 8.42 Å². The standard InChI is InChI=1S/C8H8N4O3S2/c1-5-2-6(12-8(16)9-10-11-12)4-7(3-5)17(13,14)15/h2-4H,1H3,(H,9,11,16)(H,13,14,15). The molecule has 0 unspecified atom stereocenters. The van der Waals surface area contributed by atoms with Gasteiger partial charge in [-0.05, 0) is 42.9 Å². The van der Waals surface area contributed by atoms with Crippen molar-refractivity contribution in [2.24, 2.45) is 0 Å². The van der Waals surface area contributed by atoms with Gasteiger partial charge in [-0.25, -0.2) is 4.68 Å². The summed E-state index contributed by atoms with van der Waals surface area (Å²) in [7, 11) is -4.25. The van der Waals surface area contributed by atoms with E-state index in [2.05, 4.69) is 15.5 Å². The molecule has 90 valence electrons. The minimum Gasteiger partial charge on any atom is -0.282 e. The van der Waals surface area contributed by atoms with Crippen molar-refractivity contribution in [3.05, 3.63) is 28.5 Å². The first kappa shape index (κ1) is 11.9. The van der Waals surface area contributed by atoms with E-state index in [0.717, 1.165) is 0 Å². The molecule has 1 aromatic heterocycles. The maximum absolute atomic E-state index is 11.1. The Balaban J connectivity index is 2.70. The zero-order chi connectivity index (χ0) is 12.6. The molecule has 0 saturated carbocycles. The van der Waals surface area contributed by atoms with Crippen LogP contribution in [0.2, 0.25) is 0 Å². The van der Waals surface area contributed by atoms with Crippen molar-refractivity contribution >= 4 is 22.3 Å². The number of rotatable bonds is 2. The van der Waals surface area contributed by atoms with Gasteiger partial charge in [-0.15, -0.1) is 0 Å². The van der Waals surface area contributed by atoms with E-state index >= 15 is 0 Å². The molecule has 2 rings (SSSR count). The zero-order valence-corrected chi connectivity index (χ0v) is 10.3. The first-order valence-electron chi connectivity index (χ1n) is 4.47. The molecule has 1 heterocycles. The molecule has 2 N–H and O–H groups in total. The summed E-state index contributed by atoms with van der Waals surface area (Å²) >= 11 is 4.89. The van der Waals surface area contributed by atoms with Crippen LogP contribution in [0.3, 0.4) is 0 Å². The number of aryl methyl sites for hydroxylation is 1. The van der Waals surface area contributed by atoms with Crippen LogP contribution in [0, 0.1) is 11.7 Å². The molecule has 0 radical (unpaired) electrons. The second-order valence-electron chi connectivity index (χ2n) is 3.40. The molecule has 0 bridgehead atoms. The van der Waals surface area contributed by atoms with Crippen molar-refractivity contribution in [3.8, 4) is 5.69 Å². The molecule has 9 heteroatoms. The third-order valence-electron chi connectivity index (χ3n) is 2.06. The van der Waals surface area contributed by atoms with Crippen LogP contribution in [0.15, 0.2) is 23.1 Å². The summed E-state index contributed by atoms with van der Waals surface area (Å²) in [4.78, 5) is -0.205. The van der Waals surface area contributed by atoms with E-state index < -0.39 is 10.1 Å². The van der Waals surface area contributed by atoms with E-state index in [1.807, 2.05) is 0 Å². The molecule has 0 aliphatic carbocycles. The van der Waals surface area contributed by atoms with Crippen molar-refractivity contribution in [2.45, 2.75) is 11.8 Å². The highest BCUT2D eigenvalue weighted by Gasteiger charge is 2.12. The Morgan fingerprint density at radius 2 is 2.12 bits per heavy atom. The first-order chi connectivity index (χ1) is 7.88. The third-order valence-corrected chi connectivity index (χ3v) is 3.16. The highest BCUT2D eigenvalue weighted by molar-refractivity contribution is 7.85. The Morgan fingerprint density at radius 1 is 1.41 bits per heavy atom. The van der Waals surface area contributed by atoms with Gasteiger partial charge in [0.15, 0.2) is 0 Å². The molecule has 0 atom stereocenters. The molecule has 0 spiro atoms. The van der Waals surface area contributed by atoms with Gasteiger partial charge in [0.2, 0.25) is 4.77 Å². The average molecular weight is 272 g/mol. The van der Waals surface area contributed by atoms with Gasteiger partial charge < -0.3 is 0 Å². The number of aromatic nitrogens is 4. The highest BCUT2D eigenvalue weighted by Crippen LogP contribution is 2.17. The van der Waals surface area contributed by atoms with Crippen LogP contribution in [0.5, 0.6) is 0 Å². The smallest absolute Gasteiger partial charge is 0.282 e. The van der Waals surface area contributed by atoms with Crippen molar-refractivity contribution in [1.29, 1.82) is 0 Å². The Bertz CT molecular complexity index is 716. The van der Waals surface area contributed by atoms with Crippen molar-refractivity contribution < 1.29 is 13.0 Å². The molecule has 1 aromatic carbocycles. The Labute approximate surface area is 102 Å². The number of nitrogens with zero attached hydrogens (tertiary/aromatic N) is 3. The monoisotopic (exact) mass is 272 g/mol. The van der Waals surface area contributed by atoms with Gasteiger partial charge in [0.1, 0.15) is 0 Å². The van der Waals surface area contributed by atoms with Crippen LogP contribution in [0.1, 0.15) is 5.56 Å². The number of hydrogen-bond donors (Lipinski definition) is 2. The van der Waals surface area contributed by atoms with E-state index in [-0.39, 0.29) is 9.67 Å². The molecule has 7 nitrogen and oxygen atoms in total. The summed E-state index contributed by atoms with van der Waals surface area (Å²) in [6.45, 7) is 1.70. The maximum Gasteiger partial charge on any atom is 0.294 e. The minimum absolute atomic E-state index is 0.164. The topological polar surface area (TPSA) is 101 Å². The van der Waals surface area contributed by atoms with Crippen LogP contribution in [0.25, 0.3) is 5.69 Å². The summed E-state index contributed by atoms with van der Waals surface area (Å²) in [6.07, 6.45) is 0. The van der Waals surface area contributed by atoms with Crippen LogP contribution in [0.4, 0.5) is 0 Å². The molecular weight excluding hydrogens is 264 g/mol. The lowest BCUT2D eigenvalue weighted by atomic mass is 10.2. The predicted molar refractivity (Wildman–Crippen MR) is 61.1 cm³/mol. The third kappa shape index (κ3) is 2.40. The molecule has 0 amide bonds. The highest BCUT2D eigenvalue weighted by atomic mass is 32.2. The number of hydrogen-bond acceptors (Lipinski definition) is 5. The summed E-state index contributed by atoms with van der Waals surface area (Å²) in [6, 6.07) is 4.31. The fourth-order valence-electron chi connectivity index (χ4n) is 1.37. The number of benzene rings is 1. The van der Waals surface area contributed by atoms with Gasteiger partial charge in [-0.1, -0.05) is 10.3 Å². The van der Waals surface area contributed by atoms with Gasteiger partial charge >= 0.3 is 0 Å². The molecule has 2 aromatic rings. The van der Waals surface area contributed by atoms with Gasteiger partial charge in [-0.3, -0.25) is 4.55 Å². The lowest BCUT2D eigenvalue weighted by Crippen LogP contribution is -2.03. The average Bonchev–Trinajstić information content (AvgIpc) is 2.62. The van der Waals surface area contributed by atoms with Crippen molar-refractivity contribution in [3.63, 3.8) is 0 Å². The summed E-state index contributed by atoms with van der Waals surface area (Å²) < 4.78 is 32.6. The van der Waals surface area contributed by atoms with Gasteiger partial charge in [0, 0.05) is 0 Å². The Morgan fingerprint density at radius 3 is 2.65 bits per heavy atom. The molecule has 17 heavy (non-hydrogen) atoms. The van der Waals surface area contributed by atoms with Crippen molar-refractivity contribution in [2.75, 3.05) is 0 Å². The summed E-state index contributed by atoms with van der Waals surface area (Å²) in [5, 5.41) is 9.57. The summed E-state index contributed by atoms with van der Waals surface area (Å²) in [5.41, 5.74) is 1.10. The molecule has 0 aliphatic heterocycles. The zero-order valence-electron chi connectivity index (χ0n) is 8.65. The molecule has 0 aliphatic rings. The van der Waals surface area contributed by atoms with E-state index in [4.69, 9.17) is 16.8 Å². The largest absolute Gasteiger partial charge is 0.294 e. The fourth-order valence-corrected chi connectivity index (χ4v) is 2.16. The van der Waals surface area contributed by atoms with Crippen LogP contribution in [-0.4, -0.2) is 33.2 Å². The summed E-state index contributed by atoms with van der Waals surface area (Å²) in [5.74, 6) is 0. The van der Waals surface area contributed by atoms with Crippen LogP contribution < -0.4 is 0 Å². The van der Waals surface area contributed by atoms with Gasteiger partial charge in [-0.2, -0.15) is 13.6 Å². The fraction of sp³-hybridized carbons (Fsp3) is 0.125. The molecule has 0 saturated heterocycles.